The Hall–Kier alpha value is -2.05. The topological polar surface area (TPSA) is 129 Å². The predicted octanol–water partition coefficient (Wildman–Crippen LogP) is -0.758. The van der Waals surface area contributed by atoms with E-state index in [0.717, 1.165) is 0 Å². The van der Waals surface area contributed by atoms with E-state index in [1.807, 2.05) is 0 Å². The van der Waals surface area contributed by atoms with Gasteiger partial charge in [-0.15, -0.1) is 0 Å². The van der Waals surface area contributed by atoms with Gasteiger partial charge in [0.15, 0.2) is 0 Å². The van der Waals surface area contributed by atoms with Gasteiger partial charge in [0.25, 0.3) is 0 Å². The minimum Gasteiger partial charge on any atom is -0.480 e. The number of amides is 1. The average molecular weight is 257 g/mol. The number of ketones is 1. The zero-order valence-corrected chi connectivity index (χ0v) is 9.96. The number of nitrogens with one attached hydrogen (secondary N) is 1. The molecule has 0 saturated carbocycles. The van der Waals surface area contributed by atoms with Gasteiger partial charge in [-0.2, -0.15) is 4.79 Å². The summed E-state index contributed by atoms with van der Waals surface area (Å²) in [6.07, 6.45) is 0.453. The Balaban J connectivity index is 4.23. The summed E-state index contributed by atoms with van der Waals surface area (Å²) >= 11 is 0. The van der Waals surface area contributed by atoms with E-state index in [4.69, 9.17) is 15.4 Å². The number of carboxylic acids is 1. The summed E-state index contributed by atoms with van der Waals surface area (Å²) < 4.78 is 4.81. The van der Waals surface area contributed by atoms with Crippen LogP contribution in [0.2, 0.25) is 0 Å². The van der Waals surface area contributed by atoms with Gasteiger partial charge in [0.05, 0.1) is 0 Å². The zero-order valence-electron chi connectivity index (χ0n) is 9.96. The van der Waals surface area contributed by atoms with E-state index in [9.17, 15) is 14.4 Å². The van der Waals surface area contributed by atoms with Crippen molar-refractivity contribution in [3.05, 3.63) is 5.53 Å². The Kier molecular flexibility index (Phi) is 8.00. The standard InChI is InChI=1S/C10H15N3O5/c1-2-18-6-9(15)13-8(10(16)17)4-3-7(14)5-12-11/h5,8H,2-4,6H2,1H3,(H,13,15)(H,16,17). The Morgan fingerprint density at radius 1 is 1.50 bits per heavy atom. The maximum absolute atomic E-state index is 11.2. The van der Waals surface area contributed by atoms with Crippen LogP contribution in [0.25, 0.3) is 5.53 Å². The molecule has 0 aliphatic heterocycles. The number of hydrogen-bond donors (Lipinski definition) is 2. The van der Waals surface area contributed by atoms with E-state index >= 15 is 0 Å². The molecule has 0 aliphatic rings. The first-order chi connectivity index (χ1) is 8.51. The number of nitrogens with zero attached hydrogens (tertiary/aromatic N) is 2. The first kappa shape index (κ1) is 16.0. The van der Waals surface area contributed by atoms with Crippen molar-refractivity contribution in [2.24, 2.45) is 0 Å². The summed E-state index contributed by atoms with van der Waals surface area (Å²) in [7, 11) is 0. The zero-order chi connectivity index (χ0) is 14.0. The normalized spacial score (nSPS) is 11.2. The molecule has 8 nitrogen and oxygen atoms in total. The Morgan fingerprint density at radius 2 is 2.17 bits per heavy atom. The quantitative estimate of drug-likeness (QED) is 0.318. The molecule has 0 bridgehead atoms. The molecule has 0 heterocycles. The molecule has 0 aromatic heterocycles. The minimum atomic E-state index is -1.24. The van der Waals surface area contributed by atoms with Crippen molar-refractivity contribution in [1.29, 1.82) is 0 Å². The van der Waals surface area contributed by atoms with E-state index in [0.29, 0.717) is 12.8 Å². The predicted molar refractivity (Wildman–Crippen MR) is 60.0 cm³/mol. The molecule has 0 aromatic carbocycles. The maximum atomic E-state index is 11.2. The second-order valence-electron chi connectivity index (χ2n) is 3.35. The van der Waals surface area contributed by atoms with Crippen molar-refractivity contribution in [3.8, 4) is 0 Å². The van der Waals surface area contributed by atoms with Gasteiger partial charge in [-0.3, -0.25) is 9.59 Å². The van der Waals surface area contributed by atoms with Crippen molar-refractivity contribution in [2.75, 3.05) is 13.2 Å². The van der Waals surface area contributed by atoms with Gasteiger partial charge >= 0.3 is 12.2 Å². The monoisotopic (exact) mass is 257 g/mol. The largest absolute Gasteiger partial charge is 0.480 e. The molecule has 0 fully saturated rings. The molecule has 0 radical (unpaired) electrons. The van der Waals surface area contributed by atoms with E-state index < -0.39 is 23.7 Å². The molecular weight excluding hydrogens is 242 g/mol. The highest BCUT2D eigenvalue weighted by Gasteiger charge is 2.21. The molecule has 1 amide bonds. The molecule has 0 aliphatic carbocycles. The van der Waals surface area contributed by atoms with E-state index in [2.05, 4.69) is 10.1 Å². The van der Waals surface area contributed by atoms with Crippen molar-refractivity contribution < 1.29 is 29.0 Å². The lowest BCUT2D eigenvalue weighted by Crippen LogP contribution is -2.42. The average Bonchev–Trinajstić information content (AvgIpc) is 2.31. The fourth-order valence-corrected chi connectivity index (χ4v) is 1.10. The van der Waals surface area contributed by atoms with Crippen molar-refractivity contribution in [3.63, 3.8) is 0 Å². The summed E-state index contributed by atoms with van der Waals surface area (Å²) in [4.78, 5) is 35.6. The van der Waals surface area contributed by atoms with Crippen molar-refractivity contribution in [2.45, 2.75) is 25.8 Å². The number of carbonyl (C=O) groups excluding carboxylic acids is 2. The van der Waals surface area contributed by atoms with Crippen LogP contribution >= 0.6 is 0 Å². The van der Waals surface area contributed by atoms with E-state index in [1.165, 1.54) is 0 Å². The van der Waals surface area contributed by atoms with Gasteiger partial charge in [0, 0.05) is 13.0 Å². The lowest BCUT2D eigenvalue weighted by atomic mass is 10.1. The highest BCUT2D eigenvalue weighted by Crippen LogP contribution is 1.98. The lowest BCUT2D eigenvalue weighted by molar-refractivity contribution is -0.142. The Morgan fingerprint density at radius 3 is 2.67 bits per heavy atom. The van der Waals surface area contributed by atoms with E-state index in [-0.39, 0.29) is 19.4 Å². The molecule has 0 saturated heterocycles. The first-order valence-corrected chi connectivity index (χ1v) is 5.31. The minimum absolute atomic E-state index is 0.0853. The SMILES string of the molecule is CCOCC(=O)NC(CCC(=O)C=[N+]=[N-])C(=O)O. The molecule has 0 rings (SSSR count). The number of hydrogen-bond acceptors (Lipinski definition) is 4. The molecule has 1 unspecified atom stereocenters. The van der Waals surface area contributed by atoms with Crippen molar-refractivity contribution >= 4 is 23.9 Å². The molecule has 2 N–H and O–H groups in total. The molecule has 8 heteroatoms. The Labute approximate surface area is 104 Å². The van der Waals surface area contributed by atoms with Crippen LogP contribution in [-0.4, -0.2) is 53.0 Å². The van der Waals surface area contributed by atoms with Gasteiger partial charge in [-0.05, 0) is 13.3 Å². The number of ether oxygens (including phenoxy) is 1. The van der Waals surface area contributed by atoms with Crippen LogP contribution < -0.4 is 5.32 Å². The molecule has 18 heavy (non-hydrogen) atoms. The Bertz CT molecular complexity index is 363. The summed E-state index contributed by atoms with van der Waals surface area (Å²) in [5.74, 6) is -2.33. The van der Waals surface area contributed by atoms with Crippen LogP contribution in [0.5, 0.6) is 0 Å². The van der Waals surface area contributed by atoms with Crippen LogP contribution in [0.15, 0.2) is 0 Å². The van der Waals surface area contributed by atoms with Crippen LogP contribution in [-0.2, 0) is 19.1 Å². The van der Waals surface area contributed by atoms with Gasteiger partial charge in [-0.25, -0.2) is 4.79 Å². The smallest absolute Gasteiger partial charge is 0.326 e. The molecule has 0 spiro atoms. The summed E-state index contributed by atoms with van der Waals surface area (Å²) in [5.41, 5.74) is 8.10. The van der Waals surface area contributed by atoms with Gasteiger partial charge in [0.2, 0.25) is 11.7 Å². The van der Waals surface area contributed by atoms with Crippen LogP contribution in [0.1, 0.15) is 19.8 Å². The third kappa shape index (κ3) is 7.26. The third-order valence-electron chi connectivity index (χ3n) is 1.95. The lowest BCUT2D eigenvalue weighted by Gasteiger charge is -2.13. The fraction of sp³-hybridized carbons (Fsp3) is 0.600. The van der Waals surface area contributed by atoms with Gasteiger partial charge in [-0.1, -0.05) is 0 Å². The van der Waals surface area contributed by atoms with Crippen molar-refractivity contribution in [1.82, 2.24) is 5.32 Å². The molecule has 100 valence electrons. The number of carbonyl (C=O) groups is 3. The van der Waals surface area contributed by atoms with Crippen LogP contribution in [0, 0.1) is 0 Å². The maximum Gasteiger partial charge on any atom is 0.326 e. The van der Waals surface area contributed by atoms with Gasteiger partial charge < -0.3 is 20.7 Å². The number of aliphatic carboxylic acids is 1. The van der Waals surface area contributed by atoms with Gasteiger partial charge in [0.1, 0.15) is 12.6 Å². The fourth-order valence-electron chi connectivity index (χ4n) is 1.10. The first-order valence-electron chi connectivity index (χ1n) is 5.31. The second kappa shape index (κ2) is 9.03. The van der Waals surface area contributed by atoms with Crippen LogP contribution in [0.4, 0.5) is 0 Å². The summed E-state index contributed by atoms with van der Waals surface area (Å²) in [5, 5.41) is 11.1. The van der Waals surface area contributed by atoms with E-state index in [1.54, 1.807) is 6.92 Å². The highest BCUT2D eigenvalue weighted by molar-refractivity contribution is 6.25. The molecule has 0 aromatic rings. The second-order valence-corrected chi connectivity index (χ2v) is 3.35. The third-order valence-corrected chi connectivity index (χ3v) is 1.95. The molecule has 1 atom stereocenters. The number of carboxylic acid groups (broad SMARTS) is 1. The number of rotatable bonds is 9. The molecular formula is C10H15N3O5. The highest BCUT2D eigenvalue weighted by atomic mass is 16.5. The number of Topliss-reactive ketones (excluding diaryl/α,β-unsaturated/α-hetero) is 1. The summed E-state index contributed by atoms with van der Waals surface area (Å²) in [6, 6.07) is -1.17. The summed E-state index contributed by atoms with van der Waals surface area (Å²) in [6.45, 7) is 1.82. The van der Waals surface area contributed by atoms with Crippen LogP contribution in [0.3, 0.4) is 0 Å².